The van der Waals surface area contributed by atoms with E-state index in [1.807, 2.05) is 6.07 Å². The van der Waals surface area contributed by atoms with Crippen molar-refractivity contribution < 1.29 is 18.1 Å². The van der Waals surface area contributed by atoms with Crippen molar-refractivity contribution in [3.63, 3.8) is 0 Å². The van der Waals surface area contributed by atoms with Gasteiger partial charge in [-0.25, -0.2) is 8.42 Å². The second-order valence-corrected chi connectivity index (χ2v) is 9.95. The lowest BCUT2D eigenvalue weighted by Crippen LogP contribution is -2.36. The van der Waals surface area contributed by atoms with Gasteiger partial charge in [0.2, 0.25) is 10.0 Å². The van der Waals surface area contributed by atoms with Crippen LogP contribution in [0.5, 0.6) is 5.75 Å². The van der Waals surface area contributed by atoms with Crippen LogP contribution in [0.15, 0.2) is 88.8 Å². The Morgan fingerprint density at radius 1 is 1.05 bits per heavy atom. The zero-order valence-corrected chi connectivity index (χ0v) is 21.5. The van der Waals surface area contributed by atoms with Crippen LogP contribution in [-0.4, -0.2) is 46.9 Å². The van der Waals surface area contributed by atoms with Crippen LogP contribution in [-0.2, 0) is 23.5 Å². The summed E-state index contributed by atoms with van der Waals surface area (Å²) in [6, 6.07) is 17.3. The van der Waals surface area contributed by atoms with Crippen LogP contribution in [0.4, 0.5) is 5.69 Å². The van der Waals surface area contributed by atoms with Gasteiger partial charge in [-0.05, 0) is 48.4 Å². The first kappa shape index (κ1) is 27.8. The standard InChI is InChI=1S/C25H24N4O6S.ClH/c1-27-22-10-9-21(17-20(22)8-11-25(27)30)35-16-15-28(14-12-19-5-4-13-26-18-19)36(33,34)24-7-3-2-6-23(24)29(31)32;/h2-11,13,17-18H,12,14-16H2,1H3;1H. The molecule has 0 saturated heterocycles. The SMILES string of the molecule is Cl.Cn1c(=O)ccc2cc(OCCN(CCc3cccnc3)S(=O)(=O)c3ccccc3[N+](=O)[O-])ccc21. The summed E-state index contributed by atoms with van der Waals surface area (Å²) in [5, 5.41) is 12.3. The van der Waals surface area contributed by atoms with Crippen molar-refractivity contribution in [2.75, 3.05) is 19.7 Å². The first-order valence-corrected chi connectivity index (χ1v) is 12.6. The summed E-state index contributed by atoms with van der Waals surface area (Å²) in [5.41, 5.74) is 0.971. The van der Waals surface area contributed by atoms with Gasteiger partial charge in [0.15, 0.2) is 4.90 Å². The Morgan fingerprint density at radius 3 is 2.57 bits per heavy atom. The van der Waals surface area contributed by atoms with Gasteiger partial charge in [0.05, 0.1) is 10.4 Å². The predicted molar refractivity (Wildman–Crippen MR) is 142 cm³/mol. The van der Waals surface area contributed by atoms with E-state index in [0.29, 0.717) is 12.2 Å². The van der Waals surface area contributed by atoms with Crippen LogP contribution in [0.25, 0.3) is 10.9 Å². The fourth-order valence-electron chi connectivity index (χ4n) is 3.84. The Balaban J connectivity index is 0.00000380. The molecule has 0 aliphatic heterocycles. The maximum atomic E-state index is 13.5. The summed E-state index contributed by atoms with van der Waals surface area (Å²) in [5.74, 6) is 0.511. The number of aromatic nitrogens is 2. The molecule has 0 bridgehead atoms. The molecule has 10 nitrogen and oxygen atoms in total. The molecule has 12 heteroatoms. The number of aryl methyl sites for hydroxylation is 1. The van der Waals surface area contributed by atoms with Crippen molar-refractivity contribution in [1.29, 1.82) is 0 Å². The molecule has 4 rings (SSSR count). The summed E-state index contributed by atoms with van der Waals surface area (Å²) < 4.78 is 35.5. The Morgan fingerprint density at radius 2 is 1.84 bits per heavy atom. The average Bonchev–Trinajstić information content (AvgIpc) is 2.88. The van der Waals surface area contributed by atoms with E-state index < -0.39 is 20.6 Å². The number of rotatable bonds is 10. The van der Waals surface area contributed by atoms with Gasteiger partial charge in [0.25, 0.3) is 11.2 Å². The largest absolute Gasteiger partial charge is 0.492 e. The van der Waals surface area contributed by atoms with Crippen molar-refractivity contribution in [3.8, 4) is 5.75 Å². The molecular weight excluding hydrogens is 520 g/mol. The van der Waals surface area contributed by atoms with E-state index in [-0.39, 0.29) is 42.6 Å². The Hall–Kier alpha value is -3.80. The first-order valence-electron chi connectivity index (χ1n) is 11.1. The second kappa shape index (κ2) is 12.0. The molecule has 2 heterocycles. The molecule has 0 saturated carbocycles. The van der Waals surface area contributed by atoms with Crippen molar-refractivity contribution in [1.82, 2.24) is 13.9 Å². The van der Waals surface area contributed by atoms with E-state index in [4.69, 9.17) is 4.74 Å². The number of hydrogen-bond acceptors (Lipinski definition) is 7. The van der Waals surface area contributed by atoms with Gasteiger partial charge in [-0.1, -0.05) is 18.2 Å². The van der Waals surface area contributed by atoms with Crippen molar-refractivity contribution >= 4 is 39.0 Å². The number of sulfonamides is 1. The summed E-state index contributed by atoms with van der Waals surface area (Å²) in [6.07, 6.45) is 3.65. The number of nitro groups is 1. The van der Waals surface area contributed by atoms with Gasteiger partial charge in [-0.15, -0.1) is 12.4 Å². The molecule has 0 radical (unpaired) electrons. The zero-order chi connectivity index (χ0) is 25.7. The van der Waals surface area contributed by atoms with Crippen molar-refractivity contribution in [3.05, 3.63) is 105 Å². The Labute approximate surface area is 219 Å². The highest BCUT2D eigenvalue weighted by molar-refractivity contribution is 7.89. The molecule has 2 aromatic heterocycles. The second-order valence-electron chi connectivity index (χ2n) is 8.04. The number of ether oxygens (including phenoxy) is 1. The number of benzene rings is 2. The fourth-order valence-corrected chi connectivity index (χ4v) is 5.42. The minimum atomic E-state index is -4.19. The quantitative estimate of drug-likeness (QED) is 0.221. The number of nitro benzene ring substituents is 1. The molecule has 0 spiro atoms. The molecule has 0 atom stereocenters. The van der Waals surface area contributed by atoms with Gasteiger partial charge in [0.1, 0.15) is 12.4 Å². The molecule has 4 aromatic rings. The van der Waals surface area contributed by atoms with Crippen LogP contribution < -0.4 is 10.3 Å². The van der Waals surface area contributed by atoms with E-state index in [1.54, 1.807) is 49.8 Å². The molecule has 0 aliphatic carbocycles. The van der Waals surface area contributed by atoms with E-state index in [9.17, 15) is 23.3 Å². The highest BCUT2D eigenvalue weighted by atomic mass is 35.5. The van der Waals surface area contributed by atoms with Crippen molar-refractivity contribution in [2.24, 2.45) is 7.05 Å². The molecule has 0 fully saturated rings. The van der Waals surface area contributed by atoms with Gasteiger partial charge in [0, 0.05) is 50.0 Å². The normalized spacial score (nSPS) is 11.3. The number of pyridine rings is 2. The smallest absolute Gasteiger partial charge is 0.289 e. The fraction of sp³-hybridized carbons (Fsp3) is 0.200. The number of nitrogens with zero attached hydrogens (tertiary/aromatic N) is 4. The van der Waals surface area contributed by atoms with Gasteiger partial charge >= 0.3 is 0 Å². The third kappa shape index (κ3) is 6.31. The topological polar surface area (TPSA) is 125 Å². The zero-order valence-electron chi connectivity index (χ0n) is 19.9. The first-order chi connectivity index (χ1) is 17.3. The highest BCUT2D eigenvalue weighted by Gasteiger charge is 2.31. The minimum absolute atomic E-state index is 0. The summed E-state index contributed by atoms with van der Waals surface area (Å²) >= 11 is 0. The number of hydrogen-bond donors (Lipinski definition) is 0. The molecule has 0 unspecified atom stereocenters. The van der Waals surface area contributed by atoms with Crippen LogP contribution in [0.3, 0.4) is 0 Å². The number of fused-ring (bicyclic) bond motifs is 1. The van der Waals surface area contributed by atoms with Crippen LogP contribution >= 0.6 is 12.4 Å². The van der Waals surface area contributed by atoms with E-state index in [2.05, 4.69) is 4.98 Å². The highest BCUT2D eigenvalue weighted by Crippen LogP contribution is 2.27. The molecule has 194 valence electrons. The summed E-state index contributed by atoms with van der Waals surface area (Å²) in [6.45, 7) is 0.0768. The minimum Gasteiger partial charge on any atom is -0.492 e. The molecular formula is C25H25ClN4O6S. The number of halogens is 1. The van der Waals surface area contributed by atoms with E-state index in [1.165, 1.54) is 39.2 Å². The van der Waals surface area contributed by atoms with Gasteiger partial charge in [-0.2, -0.15) is 4.31 Å². The lowest BCUT2D eigenvalue weighted by atomic mass is 10.2. The lowest BCUT2D eigenvalue weighted by Gasteiger charge is -2.22. The van der Waals surface area contributed by atoms with Crippen LogP contribution in [0, 0.1) is 10.1 Å². The van der Waals surface area contributed by atoms with Gasteiger partial charge < -0.3 is 9.30 Å². The number of para-hydroxylation sites is 1. The third-order valence-corrected chi connectivity index (χ3v) is 7.70. The molecule has 0 aliphatic rings. The lowest BCUT2D eigenvalue weighted by molar-refractivity contribution is -0.387. The van der Waals surface area contributed by atoms with Crippen molar-refractivity contribution in [2.45, 2.75) is 11.3 Å². The van der Waals surface area contributed by atoms with Gasteiger partial charge in [-0.3, -0.25) is 19.9 Å². The molecule has 37 heavy (non-hydrogen) atoms. The predicted octanol–water partition coefficient (Wildman–Crippen LogP) is 3.58. The van der Waals surface area contributed by atoms with Crippen LogP contribution in [0.1, 0.15) is 5.56 Å². The summed E-state index contributed by atoms with van der Waals surface area (Å²) in [7, 11) is -2.51. The monoisotopic (exact) mass is 544 g/mol. The molecule has 0 amide bonds. The van der Waals surface area contributed by atoms with Crippen LogP contribution in [0.2, 0.25) is 0 Å². The average molecular weight is 545 g/mol. The maximum absolute atomic E-state index is 13.5. The summed E-state index contributed by atoms with van der Waals surface area (Å²) in [4.78, 5) is 26.3. The Bertz CT molecular complexity index is 1560. The Kier molecular flexibility index (Phi) is 8.98. The van der Waals surface area contributed by atoms with E-state index in [0.717, 1.165) is 16.5 Å². The molecule has 0 N–H and O–H groups in total. The van der Waals surface area contributed by atoms with E-state index >= 15 is 0 Å². The third-order valence-electron chi connectivity index (χ3n) is 5.76. The maximum Gasteiger partial charge on any atom is 0.289 e. The molecule has 2 aromatic carbocycles.